The molecule has 35 heavy (non-hydrogen) atoms. The van der Waals surface area contributed by atoms with Crippen LogP contribution >= 0.6 is 0 Å². The largest absolute Gasteiger partial charge is 1.00 e. The van der Waals surface area contributed by atoms with Crippen LogP contribution < -0.4 is 29.6 Å². The number of hydrogen-bond donors (Lipinski definition) is 6. The Balaban J connectivity index is 0.00000612. The minimum Gasteiger partial charge on any atom is -0.744 e. The Kier molecular flexibility index (Phi) is 14.9. The molecule has 2 rings (SSSR count). The van der Waals surface area contributed by atoms with Gasteiger partial charge in [0.1, 0.15) is 10.1 Å². The summed E-state index contributed by atoms with van der Waals surface area (Å²) in [7, 11) is -4.68. The smallest absolute Gasteiger partial charge is 0.744 e. The monoisotopic (exact) mass is 529 g/mol. The number of aliphatic hydroxyl groups is 6. The zero-order valence-electron chi connectivity index (χ0n) is 20.1. The summed E-state index contributed by atoms with van der Waals surface area (Å²) >= 11 is 0. The third kappa shape index (κ3) is 9.54. The SMILES string of the molecule is O=S(=O)([O-])c1ccccc1CN1CCN([C@H](CO)[C@H](O)CO)CCN([C@H](CO)[C@H](O)CO)CC1.[Na+]. The molecule has 0 spiro atoms. The summed E-state index contributed by atoms with van der Waals surface area (Å²) in [5.41, 5.74) is 0.332. The van der Waals surface area contributed by atoms with Crippen molar-refractivity contribution in [2.45, 2.75) is 35.7 Å². The average molecular weight is 530 g/mol. The molecule has 1 heterocycles. The van der Waals surface area contributed by atoms with Crippen LogP contribution in [0.3, 0.4) is 0 Å². The number of aliphatic hydroxyl groups excluding tert-OH is 6. The van der Waals surface area contributed by atoms with Crippen molar-refractivity contribution in [3.8, 4) is 0 Å². The standard InChI is InChI=1S/C21H37N3O9S.Na/c25-12-17(19(29)14-27)23-7-5-22(11-16-3-1-2-4-21(16)34(31,32)33)6-8-24(10-9-23)18(13-26)20(30)15-28;/h1-4,17-20,25-30H,5-15H2,(H,31,32,33);/q;+1/p-1/t17-,18-,19-,20-;/m1./s1. The molecule has 6 N–H and O–H groups in total. The Morgan fingerprint density at radius 1 is 0.771 bits per heavy atom. The zero-order valence-corrected chi connectivity index (χ0v) is 22.9. The first-order valence-electron chi connectivity index (χ1n) is 11.2. The minimum atomic E-state index is -4.68. The van der Waals surface area contributed by atoms with E-state index in [9.17, 15) is 43.6 Å². The van der Waals surface area contributed by atoms with E-state index in [4.69, 9.17) is 0 Å². The summed E-state index contributed by atoms with van der Waals surface area (Å²) in [5, 5.41) is 58.8. The van der Waals surface area contributed by atoms with Gasteiger partial charge in [0, 0.05) is 45.8 Å². The molecule has 196 valence electrons. The summed E-state index contributed by atoms with van der Waals surface area (Å²) in [4.78, 5) is 5.15. The Labute approximate surface area is 228 Å². The van der Waals surface area contributed by atoms with Crippen LogP contribution in [-0.2, 0) is 16.7 Å². The summed E-state index contributed by atoms with van der Waals surface area (Å²) in [6, 6.07) is 4.39. The third-order valence-electron chi connectivity index (χ3n) is 6.29. The van der Waals surface area contributed by atoms with Crippen LogP contribution in [-0.4, -0.2) is 148 Å². The van der Waals surface area contributed by atoms with Crippen LogP contribution in [0.25, 0.3) is 0 Å². The Morgan fingerprint density at radius 3 is 1.60 bits per heavy atom. The van der Waals surface area contributed by atoms with Gasteiger partial charge in [0.2, 0.25) is 0 Å². The maximum absolute atomic E-state index is 11.7. The van der Waals surface area contributed by atoms with Crippen LogP contribution in [0.15, 0.2) is 29.2 Å². The van der Waals surface area contributed by atoms with E-state index in [2.05, 4.69) is 0 Å². The molecule has 4 atom stereocenters. The molecule has 0 aromatic heterocycles. The van der Waals surface area contributed by atoms with E-state index in [1.165, 1.54) is 12.1 Å². The molecular formula is C21H36N3NaO9S. The molecule has 0 saturated carbocycles. The van der Waals surface area contributed by atoms with Crippen molar-refractivity contribution in [1.29, 1.82) is 0 Å². The van der Waals surface area contributed by atoms with E-state index >= 15 is 0 Å². The van der Waals surface area contributed by atoms with Gasteiger partial charge in [0.25, 0.3) is 0 Å². The second kappa shape index (κ2) is 15.9. The molecule has 12 nitrogen and oxygen atoms in total. The minimum absolute atomic E-state index is 0. The van der Waals surface area contributed by atoms with Crippen molar-refractivity contribution >= 4 is 10.1 Å². The predicted octanol–water partition coefficient (Wildman–Crippen LogP) is -6.56. The second-order valence-electron chi connectivity index (χ2n) is 8.41. The molecule has 0 bridgehead atoms. The Bertz CT molecular complexity index is 821. The van der Waals surface area contributed by atoms with Crippen molar-refractivity contribution in [1.82, 2.24) is 14.7 Å². The number of nitrogens with zero attached hydrogens (tertiary/aromatic N) is 3. The topological polar surface area (TPSA) is 188 Å². The van der Waals surface area contributed by atoms with Crippen molar-refractivity contribution in [3.63, 3.8) is 0 Å². The summed E-state index contributed by atoms with van der Waals surface area (Å²) < 4.78 is 35.1. The molecule has 1 saturated heterocycles. The van der Waals surface area contributed by atoms with Gasteiger partial charge in [-0.3, -0.25) is 14.7 Å². The predicted molar refractivity (Wildman–Crippen MR) is 121 cm³/mol. The number of rotatable bonds is 11. The van der Waals surface area contributed by atoms with Crippen molar-refractivity contribution in [2.75, 3.05) is 65.7 Å². The Hall–Kier alpha value is -0.230. The maximum atomic E-state index is 11.7. The molecular weight excluding hydrogens is 493 g/mol. The van der Waals surface area contributed by atoms with Crippen molar-refractivity contribution in [2.24, 2.45) is 0 Å². The van der Waals surface area contributed by atoms with E-state index < -0.39 is 60.8 Å². The average Bonchev–Trinajstić information content (AvgIpc) is 2.91. The van der Waals surface area contributed by atoms with Gasteiger partial charge < -0.3 is 35.2 Å². The van der Waals surface area contributed by atoms with Gasteiger partial charge in [0.15, 0.2) is 0 Å². The Morgan fingerprint density at radius 2 is 1.20 bits per heavy atom. The maximum Gasteiger partial charge on any atom is 1.00 e. The molecule has 1 fully saturated rings. The first-order chi connectivity index (χ1) is 16.2. The fraction of sp³-hybridized carbons (Fsp3) is 0.714. The van der Waals surface area contributed by atoms with E-state index in [1.807, 2.05) is 4.90 Å². The van der Waals surface area contributed by atoms with Crippen molar-refractivity contribution in [3.05, 3.63) is 29.8 Å². The van der Waals surface area contributed by atoms with E-state index in [0.29, 0.717) is 44.8 Å². The quantitative estimate of drug-likeness (QED) is 0.118. The van der Waals surface area contributed by atoms with Crippen molar-refractivity contribution < 1.29 is 73.2 Å². The second-order valence-corrected chi connectivity index (χ2v) is 9.76. The normalized spacial score (nSPS) is 20.7. The molecule has 1 aliphatic rings. The van der Waals surface area contributed by atoms with Gasteiger partial charge in [-0.2, -0.15) is 0 Å². The van der Waals surface area contributed by atoms with Crippen LogP contribution in [0.2, 0.25) is 0 Å². The molecule has 1 aromatic rings. The van der Waals surface area contributed by atoms with E-state index in [1.54, 1.807) is 21.9 Å². The number of hydrogen-bond acceptors (Lipinski definition) is 12. The zero-order chi connectivity index (χ0) is 25.3. The van der Waals surface area contributed by atoms with Gasteiger partial charge in [-0.15, -0.1) is 0 Å². The molecule has 1 aromatic carbocycles. The van der Waals surface area contributed by atoms with Crippen LogP contribution in [0.4, 0.5) is 0 Å². The van der Waals surface area contributed by atoms with Gasteiger partial charge >= 0.3 is 29.6 Å². The fourth-order valence-corrected chi connectivity index (χ4v) is 4.98. The first kappa shape index (κ1) is 32.8. The van der Waals surface area contributed by atoms with Crippen LogP contribution in [0.5, 0.6) is 0 Å². The fourth-order valence-electron chi connectivity index (χ4n) is 4.28. The number of benzene rings is 1. The molecule has 0 unspecified atom stereocenters. The van der Waals surface area contributed by atoms with Gasteiger partial charge in [-0.1, -0.05) is 18.2 Å². The molecule has 1 aliphatic heterocycles. The summed E-state index contributed by atoms with van der Waals surface area (Å²) in [6.07, 6.45) is -2.40. The van der Waals surface area contributed by atoms with Crippen LogP contribution in [0.1, 0.15) is 5.56 Å². The van der Waals surface area contributed by atoms with Gasteiger partial charge in [-0.05, 0) is 11.6 Å². The molecule has 14 heteroatoms. The molecule has 0 aliphatic carbocycles. The van der Waals surface area contributed by atoms with Crippen LogP contribution in [0, 0.1) is 0 Å². The molecule has 0 radical (unpaired) electrons. The summed E-state index contributed by atoms with van der Waals surface area (Å²) in [5.74, 6) is 0. The van der Waals surface area contributed by atoms with Gasteiger partial charge in [0.05, 0.1) is 55.6 Å². The molecule has 0 amide bonds. The van der Waals surface area contributed by atoms with E-state index in [-0.39, 0.29) is 41.0 Å². The van der Waals surface area contributed by atoms with Gasteiger partial charge in [-0.25, -0.2) is 8.42 Å². The summed E-state index contributed by atoms with van der Waals surface area (Å²) in [6.45, 7) is 0.362. The van der Waals surface area contributed by atoms with E-state index in [0.717, 1.165) is 0 Å². The third-order valence-corrected chi connectivity index (χ3v) is 7.23. The first-order valence-corrected chi connectivity index (χ1v) is 12.6.